The molecule has 0 bridgehead atoms. The van der Waals surface area contributed by atoms with E-state index in [0.717, 1.165) is 5.56 Å². The highest BCUT2D eigenvalue weighted by molar-refractivity contribution is 5.79. The van der Waals surface area contributed by atoms with E-state index in [1.807, 2.05) is 4.90 Å². The lowest BCUT2D eigenvalue weighted by Crippen LogP contribution is -2.46. The Morgan fingerprint density at radius 2 is 1.96 bits per heavy atom. The predicted octanol–water partition coefficient (Wildman–Crippen LogP) is 0.533. The normalized spacial score (nSPS) is 25.0. The first-order valence-corrected chi connectivity index (χ1v) is 8.19. The number of amides is 2. The first-order chi connectivity index (χ1) is 11.5. The van der Waals surface area contributed by atoms with Crippen LogP contribution in [0.25, 0.3) is 0 Å². The molecular weight excluding hydrogens is 313 g/mol. The molecule has 2 saturated heterocycles. The fourth-order valence-electron chi connectivity index (χ4n) is 3.25. The third kappa shape index (κ3) is 3.91. The quantitative estimate of drug-likeness (QED) is 0.871. The second kappa shape index (κ2) is 7.27. The zero-order valence-electron chi connectivity index (χ0n) is 13.5. The number of hydrogen-bond donors (Lipinski definition) is 1. The van der Waals surface area contributed by atoms with Gasteiger partial charge in [-0.15, -0.1) is 0 Å². The van der Waals surface area contributed by atoms with Gasteiger partial charge in [-0.05, 0) is 30.7 Å². The Labute approximate surface area is 140 Å². The van der Waals surface area contributed by atoms with E-state index in [-0.39, 0.29) is 29.7 Å². The van der Waals surface area contributed by atoms with Gasteiger partial charge in [0.15, 0.2) is 0 Å². The molecule has 1 aromatic rings. The summed E-state index contributed by atoms with van der Waals surface area (Å²) in [4.78, 5) is 27.5. The summed E-state index contributed by atoms with van der Waals surface area (Å²) in [6.45, 7) is 3.01. The number of primary amides is 1. The smallest absolute Gasteiger partial charge is 0.236 e. The van der Waals surface area contributed by atoms with Gasteiger partial charge >= 0.3 is 0 Å². The Kier molecular flexibility index (Phi) is 5.11. The molecule has 0 unspecified atom stereocenters. The molecule has 3 rings (SSSR count). The van der Waals surface area contributed by atoms with Crippen LogP contribution in [0, 0.1) is 11.7 Å². The van der Waals surface area contributed by atoms with E-state index in [1.54, 1.807) is 17.0 Å². The maximum Gasteiger partial charge on any atom is 0.236 e. The van der Waals surface area contributed by atoms with Crippen LogP contribution in [0.3, 0.4) is 0 Å². The maximum absolute atomic E-state index is 13.0. The van der Waals surface area contributed by atoms with Crippen molar-refractivity contribution in [3.63, 3.8) is 0 Å². The van der Waals surface area contributed by atoms with Gasteiger partial charge in [0.2, 0.25) is 11.8 Å². The first kappa shape index (κ1) is 16.9. The minimum absolute atomic E-state index is 0.0236. The topological polar surface area (TPSA) is 75.9 Å². The Hall–Kier alpha value is -1.99. The molecule has 24 heavy (non-hydrogen) atoms. The molecule has 130 valence electrons. The number of morpholine rings is 1. The average molecular weight is 335 g/mol. The Balaban J connectivity index is 1.55. The molecule has 2 N–H and O–H groups in total. The molecule has 2 fully saturated rings. The molecule has 0 aromatic heterocycles. The Morgan fingerprint density at radius 1 is 1.21 bits per heavy atom. The van der Waals surface area contributed by atoms with E-state index in [1.165, 1.54) is 12.1 Å². The van der Waals surface area contributed by atoms with Crippen molar-refractivity contribution in [3.8, 4) is 0 Å². The summed E-state index contributed by atoms with van der Waals surface area (Å²) in [5, 5.41) is 0. The van der Waals surface area contributed by atoms with Crippen molar-refractivity contribution in [3.05, 3.63) is 35.6 Å². The number of carbonyl (C=O) groups excluding carboxylic acids is 2. The summed E-state index contributed by atoms with van der Waals surface area (Å²) in [6.07, 6.45) is 0.476. The number of benzene rings is 1. The number of ether oxygens (including phenoxy) is 1. The van der Waals surface area contributed by atoms with Crippen molar-refractivity contribution in [1.29, 1.82) is 0 Å². The van der Waals surface area contributed by atoms with Crippen LogP contribution in [-0.4, -0.2) is 60.9 Å². The van der Waals surface area contributed by atoms with E-state index >= 15 is 0 Å². The number of halogens is 1. The molecule has 0 spiro atoms. The van der Waals surface area contributed by atoms with Crippen molar-refractivity contribution in [2.75, 3.05) is 39.3 Å². The van der Waals surface area contributed by atoms with Gasteiger partial charge < -0.3 is 15.4 Å². The van der Waals surface area contributed by atoms with Crippen LogP contribution in [0.2, 0.25) is 0 Å². The lowest BCUT2D eigenvalue weighted by molar-refractivity contribution is -0.140. The number of hydrogen-bond acceptors (Lipinski definition) is 4. The average Bonchev–Trinajstić information content (AvgIpc) is 3.04. The van der Waals surface area contributed by atoms with E-state index in [4.69, 9.17) is 10.5 Å². The molecule has 7 heteroatoms. The van der Waals surface area contributed by atoms with Crippen LogP contribution in [0.1, 0.15) is 18.1 Å². The van der Waals surface area contributed by atoms with Crippen molar-refractivity contribution >= 4 is 11.8 Å². The maximum atomic E-state index is 13.0. The monoisotopic (exact) mass is 335 g/mol. The third-order valence-corrected chi connectivity index (χ3v) is 4.69. The third-order valence-electron chi connectivity index (χ3n) is 4.69. The zero-order chi connectivity index (χ0) is 17.1. The molecule has 0 aliphatic carbocycles. The first-order valence-electron chi connectivity index (χ1n) is 8.19. The molecule has 0 radical (unpaired) electrons. The van der Waals surface area contributed by atoms with Crippen molar-refractivity contribution in [2.24, 2.45) is 11.7 Å². The zero-order valence-corrected chi connectivity index (χ0v) is 13.5. The summed E-state index contributed by atoms with van der Waals surface area (Å²) >= 11 is 0. The van der Waals surface area contributed by atoms with Crippen LogP contribution in [-0.2, 0) is 14.3 Å². The molecule has 2 heterocycles. The van der Waals surface area contributed by atoms with Crippen LogP contribution in [0.5, 0.6) is 0 Å². The highest BCUT2D eigenvalue weighted by Gasteiger charge is 2.30. The minimum atomic E-state index is -0.298. The highest BCUT2D eigenvalue weighted by atomic mass is 19.1. The van der Waals surface area contributed by atoms with Crippen LogP contribution < -0.4 is 5.73 Å². The molecule has 0 saturated carbocycles. The summed E-state index contributed by atoms with van der Waals surface area (Å²) in [5.41, 5.74) is 6.19. The van der Waals surface area contributed by atoms with Crippen LogP contribution in [0.15, 0.2) is 24.3 Å². The van der Waals surface area contributed by atoms with Crippen molar-refractivity contribution in [2.45, 2.75) is 12.5 Å². The molecule has 2 aliphatic heterocycles. The second-order valence-corrected chi connectivity index (χ2v) is 6.37. The van der Waals surface area contributed by atoms with Crippen molar-refractivity contribution < 1.29 is 18.7 Å². The lowest BCUT2D eigenvalue weighted by atomic mass is 10.1. The van der Waals surface area contributed by atoms with Gasteiger partial charge in [-0.3, -0.25) is 14.5 Å². The molecule has 2 amide bonds. The van der Waals surface area contributed by atoms with Gasteiger partial charge in [0, 0.05) is 13.1 Å². The Bertz CT molecular complexity index is 608. The Morgan fingerprint density at radius 3 is 2.62 bits per heavy atom. The predicted molar refractivity (Wildman–Crippen MR) is 85.4 cm³/mol. The standard InChI is InChI=1S/C17H22FN3O3/c18-14-3-1-12(2-4-14)15-10-21(7-8-24-15)16(22)11-20-6-5-13(9-20)17(19)23/h1-4,13,15H,5-11H2,(H2,19,23)/t13-,15+/m1/s1. The molecule has 6 nitrogen and oxygen atoms in total. The highest BCUT2D eigenvalue weighted by Crippen LogP contribution is 2.23. The van der Waals surface area contributed by atoms with Gasteiger partial charge in [0.05, 0.1) is 25.6 Å². The second-order valence-electron chi connectivity index (χ2n) is 6.37. The summed E-state index contributed by atoms with van der Waals surface area (Å²) in [6, 6.07) is 6.17. The van der Waals surface area contributed by atoms with Gasteiger partial charge in [0.25, 0.3) is 0 Å². The number of nitrogens with two attached hydrogens (primary N) is 1. The molecule has 2 atom stereocenters. The van der Waals surface area contributed by atoms with Gasteiger partial charge in [0.1, 0.15) is 11.9 Å². The number of rotatable bonds is 4. The molecule has 2 aliphatic rings. The number of likely N-dealkylation sites (tertiary alicyclic amines) is 1. The minimum Gasteiger partial charge on any atom is -0.370 e. The fourth-order valence-corrected chi connectivity index (χ4v) is 3.25. The lowest BCUT2D eigenvalue weighted by Gasteiger charge is -2.34. The molecule has 1 aromatic carbocycles. The van der Waals surface area contributed by atoms with E-state index in [0.29, 0.717) is 45.8 Å². The van der Waals surface area contributed by atoms with Crippen molar-refractivity contribution in [1.82, 2.24) is 9.80 Å². The van der Waals surface area contributed by atoms with Gasteiger partial charge in [-0.25, -0.2) is 4.39 Å². The largest absolute Gasteiger partial charge is 0.370 e. The molecular formula is C17H22FN3O3. The van der Waals surface area contributed by atoms with Gasteiger partial charge in [-0.2, -0.15) is 0 Å². The van der Waals surface area contributed by atoms with Crippen LogP contribution >= 0.6 is 0 Å². The number of nitrogens with zero attached hydrogens (tertiary/aromatic N) is 2. The number of carbonyl (C=O) groups is 2. The van der Waals surface area contributed by atoms with E-state index in [9.17, 15) is 14.0 Å². The van der Waals surface area contributed by atoms with E-state index in [2.05, 4.69) is 0 Å². The summed E-state index contributed by atoms with van der Waals surface area (Å²) < 4.78 is 18.7. The van der Waals surface area contributed by atoms with Crippen LogP contribution in [0.4, 0.5) is 4.39 Å². The SMILES string of the molecule is NC(=O)[C@@H]1CCN(CC(=O)N2CCO[C@H](c3ccc(F)cc3)C2)C1. The summed E-state index contributed by atoms with van der Waals surface area (Å²) in [7, 11) is 0. The summed E-state index contributed by atoms with van der Waals surface area (Å²) in [5.74, 6) is -0.724. The fraction of sp³-hybridized carbons (Fsp3) is 0.529. The van der Waals surface area contributed by atoms with Gasteiger partial charge in [-0.1, -0.05) is 12.1 Å². The van der Waals surface area contributed by atoms with E-state index < -0.39 is 0 Å².